The van der Waals surface area contributed by atoms with E-state index in [-0.39, 0.29) is 0 Å². The average molecular weight is 228 g/mol. The van der Waals surface area contributed by atoms with Crippen LogP contribution in [0.15, 0.2) is 12.3 Å². The maximum absolute atomic E-state index is 5.52. The van der Waals surface area contributed by atoms with Crippen molar-refractivity contribution in [1.82, 2.24) is 15.0 Å². The number of fused-ring (bicyclic) bond motifs is 2. The molecule has 1 aliphatic rings. The van der Waals surface area contributed by atoms with Crippen LogP contribution in [0, 0.1) is 0 Å². The maximum atomic E-state index is 5.52. The SMILES string of the molecule is NCCc1ncc2cc3c(nc2n1)CCCC3. The van der Waals surface area contributed by atoms with E-state index in [1.165, 1.54) is 24.1 Å². The van der Waals surface area contributed by atoms with Gasteiger partial charge in [0.15, 0.2) is 5.65 Å². The number of aromatic nitrogens is 3. The molecule has 2 N–H and O–H groups in total. The van der Waals surface area contributed by atoms with Gasteiger partial charge in [0.05, 0.1) is 0 Å². The van der Waals surface area contributed by atoms with Gasteiger partial charge in [-0.2, -0.15) is 0 Å². The molecule has 0 saturated carbocycles. The van der Waals surface area contributed by atoms with E-state index in [1.54, 1.807) is 0 Å². The highest BCUT2D eigenvalue weighted by Crippen LogP contribution is 2.22. The van der Waals surface area contributed by atoms with Crippen LogP contribution < -0.4 is 5.73 Å². The summed E-state index contributed by atoms with van der Waals surface area (Å²) < 4.78 is 0. The number of nitrogens with two attached hydrogens (primary N) is 1. The van der Waals surface area contributed by atoms with Gasteiger partial charge in [-0.1, -0.05) is 0 Å². The number of rotatable bonds is 2. The molecular weight excluding hydrogens is 212 g/mol. The van der Waals surface area contributed by atoms with E-state index in [1.807, 2.05) is 6.20 Å². The lowest BCUT2D eigenvalue weighted by Crippen LogP contribution is -2.09. The van der Waals surface area contributed by atoms with Gasteiger partial charge in [0, 0.05) is 23.7 Å². The van der Waals surface area contributed by atoms with Crippen LogP contribution >= 0.6 is 0 Å². The molecular formula is C13H16N4. The van der Waals surface area contributed by atoms with Gasteiger partial charge in [-0.05, 0) is 43.9 Å². The highest BCUT2D eigenvalue weighted by Gasteiger charge is 2.12. The van der Waals surface area contributed by atoms with Crippen molar-refractivity contribution in [3.05, 3.63) is 29.3 Å². The van der Waals surface area contributed by atoms with Crippen LogP contribution in [0.2, 0.25) is 0 Å². The zero-order chi connectivity index (χ0) is 11.7. The highest BCUT2D eigenvalue weighted by atomic mass is 14.9. The summed E-state index contributed by atoms with van der Waals surface area (Å²) in [5.74, 6) is 0.795. The molecule has 0 radical (unpaired) electrons. The summed E-state index contributed by atoms with van der Waals surface area (Å²) >= 11 is 0. The quantitative estimate of drug-likeness (QED) is 0.844. The molecule has 0 unspecified atom stereocenters. The molecule has 2 heterocycles. The smallest absolute Gasteiger partial charge is 0.163 e. The van der Waals surface area contributed by atoms with E-state index in [4.69, 9.17) is 5.73 Å². The van der Waals surface area contributed by atoms with Crippen LogP contribution in [0.25, 0.3) is 11.0 Å². The molecule has 0 saturated heterocycles. The fraction of sp³-hybridized carbons (Fsp3) is 0.462. The average Bonchev–Trinajstić information content (AvgIpc) is 2.36. The number of hydrogen-bond donors (Lipinski definition) is 1. The summed E-state index contributed by atoms with van der Waals surface area (Å²) in [5.41, 5.74) is 8.94. The topological polar surface area (TPSA) is 64.7 Å². The lowest BCUT2D eigenvalue weighted by Gasteiger charge is -2.14. The van der Waals surface area contributed by atoms with Crippen molar-refractivity contribution in [2.75, 3.05) is 6.54 Å². The molecule has 88 valence electrons. The maximum Gasteiger partial charge on any atom is 0.163 e. The van der Waals surface area contributed by atoms with Crippen LogP contribution in [0.4, 0.5) is 0 Å². The van der Waals surface area contributed by atoms with Crippen LogP contribution in [-0.4, -0.2) is 21.5 Å². The zero-order valence-electron chi connectivity index (χ0n) is 9.82. The molecule has 17 heavy (non-hydrogen) atoms. The Morgan fingerprint density at radius 2 is 2.06 bits per heavy atom. The van der Waals surface area contributed by atoms with Gasteiger partial charge in [0.2, 0.25) is 0 Å². The predicted molar refractivity (Wildman–Crippen MR) is 66.7 cm³/mol. The molecule has 2 aromatic heterocycles. The lowest BCUT2D eigenvalue weighted by atomic mass is 9.95. The van der Waals surface area contributed by atoms with E-state index >= 15 is 0 Å². The molecule has 0 aromatic carbocycles. The fourth-order valence-corrected chi connectivity index (χ4v) is 2.37. The first kappa shape index (κ1) is 10.6. The first-order valence-electron chi connectivity index (χ1n) is 6.21. The zero-order valence-corrected chi connectivity index (χ0v) is 9.82. The highest BCUT2D eigenvalue weighted by molar-refractivity contribution is 5.74. The summed E-state index contributed by atoms with van der Waals surface area (Å²) in [4.78, 5) is 13.5. The van der Waals surface area contributed by atoms with Gasteiger partial charge in [0.1, 0.15) is 5.82 Å². The molecule has 2 aromatic rings. The minimum atomic E-state index is 0.580. The number of nitrogens with zero attached hydrogens (tertiary/aromatic N) is 3. The van der Waals surface area contributed by atoms with E-state index in [0.717, 1.165) is 29.7 Å². The third-order valence-corrected chi connectivity index (χ3v) is 3.26. The molecule has 0 spiro atoms. The Morgan fingerprint density at radius 3 is 2.94 bits per heavy atom. The van der Waals surface area contributed by atoms with Crippen molar-refractivity contribution < 1.29 is 0 Å². The lowest BCUT2D eigenvalue weighted by molar-refractivity contribution is 0.670. The van der Waals surface area contributed by atoms with Crippen LogP contribution in [0.3, 0.4) is 0 Å². The second-order valence-corrected chi connectivity index (χ2v) is 4.54. The Hall–Kier alpha value is -1.55. The summed E-state index contributed by atoms with van der Waals surface area (Å²) in [7, 11) is 0. The van der Waals surface area contributed by atoms with Gasteiger partial charge in [-0.3, -0.25) is 0 Å². The molecule has 0 aliphatic heterocycles. The van der Waals surface area contributed by atoms with Gasteiger partial charge in [-0.25, -0.2) is 15.0 Å². The molecule has 0 fully saturated rings. The third-order valence-electron chi connectivity index (χ3n) is 3.26. The Bertz CT molecular complexity index is 550. The fourth-order valence-electron chi connectivity index (χ4n) is 2.37. The number of aryl methyl sites for hydroxylation is 2. The van der Waals surface area contributed by atoms with E-state index in [2.05, 4.69) is 21.0 Å². The normalized spacial score (nSPS) is 14.9. The van der Waals surface area contributed by atoms with Gasteiger partial charge in [-0.15, -0.1) is 0 Å². The van der Waals surface area contributed by atoms with Crippen molar-refractivity contribution in [2.45, 2.75) is 32.1 Å². The first-order chi connectivity index (χ1) is 8.36. The Morgan fingerprint density at radius 1 is 1.18 bits per heavy atom. The summed E-state index contributed by atoms with van der Waals surface area (Å²) in [5, 5.41) is 1.05. The monoisotopic (exact) mass is 228 g/mol. The Kier molecular flexibility index (Phi) is 2.73. The standard InChI is InChI=1S/C13H16N4/c14-6-5-12-15-8-10-7-9-3-1-2-4-11(9)16-13(10)17-12/h7-8H,1-6,14H2. The van der Waals surface area contributed by atoms with Gasteiger partial charge < -0.3 is 5.73 Å². The molecule has 0 amide bonds. The number of hydrogen-bond acceptors (Lipinski definition) is 4. The Labute approximate surface area is 100 Å². The van der Waals surface area contributed by atoms with Crippen LogP contribution in [0.5, 0.6) is 0 Å². The van der Waals surface area contributed by atoms with Crippen molar-refractivity contribution in [3.63, 3.8) is 0 Å². The van der Waals surface area contributed by atoms with Crippen LogP contribution in [0.1, 0.15) is 29.9 Å². The molecule has 1 aliphatic carbocycles. The van der Waals surface area contributed by atoms with Crippen LogP contribution in [-0.2, 0) is 19.3 Å². The predicted octanol–water partition coefficient (Wildman–Crippen LogP) is 1.40. The first-order valence-corrected chi connectivity index (χ1v) is 6.21. The van der Waals surface area contributed by atoms with E-state index in [0.29, 0.717) is 13.0 Å². The van der Waals surface area contributed by atoms with Gasteiger partial charge in [0.25, 0.3) is 0 Å². The minimum Gasteiger partial charge on any atom is -0.330 e. The second kappa shape index (κ2) is 4.37. The summed E-state index contributed by atoms with van der Waals surface area (Å²) in [6.07, 6.45) is 7.33. The Balaban J connectivity index is 2.10. The summed E-state index contributed by atoms with van der Waals surface area (Å²) in [6.45, 7) is 0.580. The van der Waals surface area contributed by atoms with Crippen molar-refractivity contribution in [3.8, 4) is 0 Å². The number of pyridine rings is 1. The molecule has 3 rings (SSSR count). The molecule has 0 bridgehead atoms. The van der Waals surface area contributed by atoms with Crippen molar-refractivity contribution >= 4 is 11.0 Å². The molecule has 0 atom stereocenters. The second-order valence-electron chi connectivity index (χ2n) is 4.54. The van der Waals surface area contributed by atoms with Crippen molar-refractivity contribution in [2.24, 2.45) is 5.73 Å². The minimum absolute atomic E-state index is 0.580. The molecule has 4 heteroatoms. The van der Waals surface area contributed by atoms with Gasteiger partial charge >= 0.3 is 0 Å². The van der Waals surface area contributed by atoms with E-state index < -0.39 is 0 Å². The van der Waals surface area contributed by atoms with Crippen molar-refractivity contribution in [1.29, 1.82) is 0 Å². The summed E-state index contributed by atoms with van der Waals surface area (Å²) in [6, 6.07) is 2.20. The third kappa shape index (κ3) is 2.00. The largest absolute Gasteiger partial charge is 0.330 e. The molecule has 4 nitrogen and oxygen atoms in total. The van der Waals surface area contributed by atoms with E-state index in [9.17, 15) is 0 Å².